The van der Waals surface area contributed by atoms with Crippen molar-refractivity contribution in [1.82, 2.24) is 10.2 Å². The normalized spacial score (nSPS) is 18.6. The quantitative estimate of drug-likeness (QED) is 0.920. The van der Waals surface area contributed by atoms with Crippen LogP contribution in [0.25, 0.3) is 0 Å². The van der Waals surface area contributed by atoms with Gasteiger partial charge in [0.2, 0.25) is 0 Å². The Morgan fingerprint density at radius 2 is 2.32 bits per heavy atom. The van der Waals surface area contributed by atoms with Gasteiger partial charge in [-0.15, -0.1) is 0 Å². The lowest BCUT2D eigenvalue weighted by Crippen LogP contribution is -2.41. The fraction of sp³-hybridized carbons (Fsp3) is 0.533. The minimum absolute atomic E-state index is 0.102. The Bertz CT molecular complexity index is 455. The van der Waals surface area contributed by atoms with Crippen molar-refractivity contribution in [3.05, 3.63) is 34.3 Å². The van der Waals surface area contributed by atoms with Gasteiger partial charge in [-0.2, -0.15) is 0 Å². The fourth-order valence-corrected chi connectivity index (χ4v) is 2.80. The Morgan fingerprint density at radius 3 is 2.89 bits per heavy atom. The smallest absolute Gasteiger partial charge is 0.254 e. The highest BCUT2D eigenvalue weighted by atomic mass is 35.5. The van der Waals surface area contributed by atoms with Crippen LogP contribution in [0.1, 0.15) is 35.7 Å². The van der Waals surface area contributed by atoms with Gasteiger partial charge in [-0.3, -0.25) is 4.79 Å². The van der Waals surface area contributed by atoms with Crippen molar-refractivity contribution in [2.24, 2.45) is 0 Å². The number of benzene rings is 1. The van der Waals surface area contributed by atoms with E-state index >= 15 is 0 Å². The SMILES string of the molecule is CCN(CC1CCCN1)C(=O)c1ccc(Cl)cc1C. The highest BCUT2D eigenvalue weighted by molar-refractivity contribution is 6.30. The first-order chi connectivity index (χ1) is 9.11. The number of halogens is 1. The van der Waals surface area contributed by atoms with Crippen LogP contribution < -0.4 is 5.32 Å². The molecule has 1 heterocycles. The molecule has 1 aliphatic heterocycles. The fourth-order valence-electron chi connectivity index (χ4n) is 2.57. The highest BCUT2D eigenvalue weighted by Gasteiger charge is 2.22. The van der Waals surface area contributed by atoms with Gasteiger partial charge in [0.05, 0.1) is 0 Å². The predicted octanol–water partition coefficient (Wildman–Crippen LogP) is 2.86. The Hall–Kier alpha value is -1.06. The molecule has 1 N–H and O–H groups in total. The summed E-state index contributed by atoms with van der Waals surface area (Å²) in [5, 5.41) is 4.11. The van der Waals surface area contributed by atoms with Crippen LogP contribution in [-0.2, 0) is 0 Å². The third kappa shape index (κ3) is 3.48. The summed E-state index contributed by atoms with van der Waals surface area (Å²) in [4.78, 5) is 14.5. The summed E-state index contributed by atoms with van der Waals surface area (Å²) < 4.78 is 0. The van der Waals surface area contributed by atoms with Crippen LogP contribution in [0.2, 0.25) is 5.02 Å². The topological polar surface area (TPSA) is 32.3 Å². The Labute approximate surface area is 119 Å². The van der Waals surface area contributed by atoms with E-state index in [1.54, 1.807) is 6.07 Å². The molecule has 3 nitrogen and oxygen atoms in total. The van der Waals surface area contributed by atoms with Crippen LogP contribution in [0, 0.1) is 6.92 Å². The number of rotatable bonds is 4. The van der Waals surface area contributed by atoms with Gasteiger partial charge in [-0.05, 0) is 57.0 Å². The molecule has 1 fully saturated rings. The summed E-state index contributed by atoms with van der Waals surface area (Å²) in [6.45, 7) is 6.55. The van der Waals surface area contributed by atoms with Crippen LogP contribution in [0.4, 0.5) is 0 Å². The predicted molar refractivity (Wildman–Crippen MR) is 78.8 cm³/mol. The first-order valence-corrected chi connectivity index (χ1v) is 7.28. The summed E-state index contributed by atoms with van der Waals surface area (Å²) in [7, 11) is 0. The Balaban J connectivity index is 2.10. The van der Waals surface area contributed by atoms with Gasteiger partial charge in [0, 0.05) is 29.7 Å². The van der Waals surface area contributed by atoms with Gasteiger partial charge in [0.1, 0.15) is 0 Å². The number of hydrogen-bond donors (Lipinski definition) is 1. The van der Waals surface area contributed by atoms with Crippen molar-refractivity contribution in [2.75, 3.05) is 19.6 Å². The number of carbonyl (C=O) groups excluding carboxylic acids is 1. The van der Waals surface area contributed by atoms with E-state index in [0.29, 0.717) is 11.1 Å². The summed E-state index contributed by atoms with van der Waals surface area (Å²) in [6, 6.07) is 5.89. The van der Waals surface area contributed by atoms with Crippen LogP contribution in [0.5, 0.6) is 0 Å². The molecular formula is C15H21ClN2O. The average molecular weight is 281 g/mol. The van der Waals surface area contributed by atoms with Crippen LogP contribution in [0.15, 0.2) is 18.2 Å². The van der Waals surface area contributed by atoms with Gasteiger partial charge in [-0.25, -0.2) is 0 Å². The van der Waals surface area contributed by atoms with E-state index in [9.17, 15) is 4.79 Å². The molecule has 1 atom stereocenters. The maximum atomic E-state index is 12.6. The maximum Gasteiger partial charge on any atom is 0.254 e. The van der Waals surface area contributed by atoms with E-state index in [4.69, 9.17) is 11.6 Å². The standard InChI is InChI=1S/C15H21ClN2O/c1-3-18(10-13-5-4-8-17-13)15(19)14-7-6-12(16)9-11(14)2/h6-7,9,13,17H,3-5,8,10H2,1-2H3. The largest absolute Gasteiger partial charge is 0.337 e. The van der Waals surface area contributed by atoms with Crippen molar-refractivity contribution in [1.29, 1.82) is 0 Å². The first-order valence-electron chi connectivity index (χ1n) is 6.90. The van der Waals surface area contributed by atoms with Crippen LogP contribution in [0.3, 0.4) is 0 Å². The van der Waals surface area contributed by atoms with Gasteiger partial charge >= 0.3 is 0 Å². The zero-order chi connectivity index (χ0) is 13.8. The van der Waals surface area contributed by atoms with E-state index in [1.807, 2.05) is 30.9 Å². The number of amides is 1. The minimum Gasteiger partial charge on any atom is -0.337 e. The monoisotopic (exact) mass is 280 g/mol. The maximum absolute atomic E-state index is 12.6. The molecule has 0 bridgehead atoms. The molecule has 1 aromatic carbocycles. The lowest BCUT2D eigenvalue weighted by molar-refractivity contribution is 0.0750. The summed E-state index contributed by atoms with van der Waals surface area (Å²) in [6.07, 6.45) is 2.36. The van der Waals surface area contributed by atoms with E-state index in [-0.39, 0.29) is 5.91 Å². The van der Waals surface area contributed by atoms with Crippen molar-refractivity contribution in [3.8, 4) is 0 Å². The molecule has 1 saturated heterocycles. The van der Waals surface area contributed by atoms with Crippen molar-refractivity contribution in [2.45, 2.75) is 32.7 Å². The second-order valence-electron chi connectivity index (χ2n) is 5.10. The molecule has 1 aliphatic rings. The Kier molecular flexibility index (Phi) is 4.83. The van der Waals surface area contributed by atoms with Crippen LogP contribution in [-0.4, -0.2) is 36.5 Å². The van der Waals surface area contributed by atoms with Crippen molar-refractivity contribution >= 4 is 17.5 Å². The van der Waals surface area contributed by atoms with E-state index in [1.165, 1.54) is 6.42 Å². The summed E-state index contributed by atoms with van der Waals surface area (Å²) in [5.74, 6) is 0.102. The molecule has 0 aliphatic carbocycles. The zero-order valence-corrected chi connectivity index (χ0v) is 12.3. The van der Waals surface area contributed by atoms with Crippen LogP contribution >= 0.6 is 11.6 Å². The van der Waals surface area contributed by atoms with E-state index in [2.05, 4.69) is 5.32 Å². The first kappa shape index (κ1) is 14.4. The minimum atomic E-state index is 0.102. The van der Waals surface area contributed by atoms with Gasteiger partial charge in [0.15, 0.2) is 0 Å². The highest BCUT2D eigenvalue weighted by Crippen LogP contribution is 2.18. The summed E-state index contributed by atoms with van der Waals surface area (Å²) in [5.41, 5.74) is 1.69. The second kappa shape index (κ2) is 6.40. The molecule has 0 spiro atoms. The molecule has 0 radical (unpaired) electrons. The number of carbonyl (C=O) groups is 1. The average Bonchev–Trinajstić information content (AvgIpc) is 2.88. The molecule has 1 amide bonds. The molecule has 2 rings (SSSR count). The number of nitrogens with zero attached hydrogens (tertiary/aromatic N) is 1. The molecule has 1 unspecified atom stereocenters. The molecular weight excluding hydrogens is 260 g/mol. The Morgan fingerprint density at radius 1 is 1.53 bits per heavy atom. The van der Waals surface area contributed by atoms with Gasteiger partial charge < -0.3 is 10.2 Å². The third-order valence-corrected chi connectivity index (χ3v) is 3.93. The van der Waals surface area contributed by atoms with Crippen molar-refractivity contribution in [3.63, 3.8) is 0 Å². The number of nitrogens with one attached hydrogen (secondary N) is 1. The van der Waals surface area contributed by atoms with E-state index in [0.717, 1.165) is 37.2 Å². The molecule has 1 aromatic rings. The lowest BCUT2D eigenvalue weighted by atomic mass is 10.1. The summed E-state index contributed by atoms with van der Waals surface area (Å²) >= 11 is 5.94. The second-order valence-corrected chi connectivity index (χ2v) is 5.53. The van der Waals surface area contributed by atoms with Gasteiger partial charge in [0.25, 0.3) is 5.91 Å². The number of likely N-dealkylation sites (N-methyl/N-ethyl adjacent to an activating group) is 1. The third-order valence-electron chi connectivity index (χ3n) is 3.69. The van der Waals surface area contributed by atoms with E-state index < -0.39 is 0 Å². The number of aryl methyl sites for hydroxylation is 1. The molecule has 0 saturated carbocycles. The van der Waals surface area contributed by atoms with Gasteiger partial charge in [-0.1, -0.05) is 11.6 Å². The molecule has 0 aromatic heterocycles. The zero-order valence-electron chi connectivity index (χ0n) is 11.6. The number of hydrogen-bond acceptors (Lipinski definition) is 2. The molecule has 4 heteroatoms. The molecule has 104 valence electrons. The molecule has 19 heavy (non-hydrogen) atoms. The lowest BCUT2D eigenvalue weighted by Gasteiger charge is -2.25. The van der Waals surface area contributed by atoms with Crippen molar-refractivity contribution < 1.29 is 4.79 Å².